The lowest BCUT2D eigenvalue weighted by atomic mass is 9.99. The van der Waals surface area contributed by atoms with Crippen LogP contribution in [-0.2, 0) is 4.79 Å². The second kappa shape index (κ2) is 34.2. The summed E-state index contributed by atoms with van der Waals surface area (Å²) in [4.78, 5) is 12.5. The molecule has 0 spiro atoms. The summed E-state index contributed by atoms with van der Waals surface area (Å²) in [6.07, 6.45) is 32.7. The molecule has 0 radical (unpaired) electrons. The molecule has 0 rings (SSSR count). The summed E-state index contributed by atoms with van der Waals surface area (Å²) in [5.41, 5.74) is 0. The predicted molar refractivity (Wildman–Crippen MR) is 196 cm³/mol. The highest BCUT2D eigenvalue weighted by Crippen LogP contribution is 2.17. The number of nitrogens with one attached hydrogen (secondary N) is 1. The Bertz CT molecular complexity index is 631. The number of unbranched alkanes of at least 4 members (excludes halogenated alkanes) is 25. The summed E-state index contributed by atoms with van der Waals surface area (Å²) in [5, 5.41) is 43.5. The first-order valence-electron chi connectivity index (χ1n) is 20.3. The average molecular weight is 656 g/mol. The highest BCUT2D eigenvalue weighted by Gasteiger charge is 2.28. The van der Waals surface area contributed by atoms with Gasteiger partial charge in [-0.15, -0.1) is 0 Å². The third-order valence-electron chi connectivity index (χ3n) is 9.75. The Morgan fingerprint density at radius 1 is 0.500 bits per heavy atom. The molecule has 0 aromatic carbocycles. The number of carbonyl (C=O) groups excluding carboxylic acids is 1. The summed E-state index contributed by atoms with van der Waals surface area (Å²) in [6.45, 7) is 6.36. The van der Waals surface area contributed by atoms with Crippen LogP contribution in [0.25, 0.3) is 0 Å². The van der Waals surface area contributed by atoms with Gasteiger partial charge in [0.25, 0.3) is 0 Å². The van der Waals surface area contributed by atoms with Crippen molar-refractivity contribution in [2.24, 2.45) is 5.92 Å². The van der Waals surface area contributed by atoms with E-state index in [1.807, 2.05) is 0 Å². The number of hydrogen-bond donors (Lipinski definition) is 5. The average Bonchev–Trinajstić information content (AvgIpc) is 3.04. The lowest BCUT2D eigenvalue weighted by molar-refractivity contribution is -0.132. The smallest absolute Gasteiger partial charge is 0.249 e. The van der Waals surface area contributed by atoms with Crippen LogP contribution in [0.5, 0.6) is 0 Å². The number of aliphatic hydroxyl groups is 4. The zero-order chi connectivity index (χ0) is 34.1. The first kappa shape index (κ1) is 45.3. The van der Waals surface area contributed by atoms with E-state index in [4.69, 9.17) is 0 Å². The van der Waals surface area contributed by atoms with Crippen LogP contribution >= 0.6 is 0 Å². The van der Waals surface area contributed by atoms with Crippen molar-refractivity contribution < 1.29 is 25.2 Å². The summed E-state index contributed by atoms with van der Waals surface area (Å²) >= 11 is 0. The Hall–Kier alpha value is -0.690. The summed E-state index contributed by atoms with van der Waals surface area (Å²) < 4.78 is 0. The van der Waals surface area contributed by atoms with Crippen LogP contribution in [0.2, 0.25) is 0 Å². The van der Waals surface area contributed by atoms with E-state index < -0.39 is 36.9 Å². The van der Waals surface area contributed by atoms with Gasteiger partial charge in [0.15, 0.2) is 0 Å². The van der Waals surface area contributed by atoms with Gasteiger partial charge in [-0.2, -0.15) is 0 Å². The second-order valence-electron chi connectivity index (χ2n) is 14.8. The normalized spacial score (nSPS) is 14.4. The summed E-state index contributed by atoms with van der Waals surface area (Å²) in [6, 6.07) is -0.979. The maximum Gasteiger partial charge on any atom is 0.249 e. The largest absolute Gasteiger partial charge is 0.394 e. The van der Waals surface area contributed by atoms with Gasteiger partial charge in [0.05, 0.1) is 18.8 Å². The van der Waals surface area contributed by atoms with Gasteiger partial charge in [0, 0.05) is 0 Å². The summed E-state index contributed by atoms with van der Waals surface area (Å²) in [5.74, 6) is 0.221. The molecular weight excluding hydrogens is 574 g/mol. The zero-order valence-corrected chi connectivity index (χ0v) is 31.0. The van der Waals surface area contributed by atoms with Crippen molar-refractivity contribution in [3.05, 3.63) is 0 Å². The Morgan fingerprint density at radius 3 is 1.17 bits per heavy atom. The third kappa shape index (κ3) is 29.4. The lowest BCUT2D eigenvalue weighted by Crippen LogP contribution is -2.53. The minimum atomic E-state index is -1.25. The number of hydrogen-bond acceptors (Lipinski definition) is 5. The Kier molecular flexibility index (Phi) is 33.7. The van der Waals surface area contributed by atoms with E-state index in [2.05, 4.69) is 26.1 Å². The van der Waals surface area contributed by atoms with Crippen LogP contribution in [0.3, 0.4) is 0 Å². The molecule has 1 amide bonds. The van der Waals surface area contributed by atoms with Crippen LogP contribution in [-0.4, -0.2) is 57.3 Å². The van der Waals surface area contributed by atoms with E-state index in [9.17, 15) is 25.2 Å². The number of aliphatic hydroxyl groups excluding tert-OH is 4. The molecule has 0 saturated carbocycles. The first-order valence-corrected chi connectivity index (χ1v) is 20.3. The molecule has 276 valence electrons. The predicted octanol–water partition coefficient (Wildman–Crippen LogP) is 9.93. The molecule has 6 heteroatoms. The molecule has 0 saturated heterocycles. The standard InChI is InChI=1S/C40H81NO5/c1-4-5-6-7-8-9-10-11-12-13-14-15-16-17-20-24-27-30-33-38(44)40(46)41-36(34-42)39(45)37(43)32-29-26-23-21-18-19-22-25-28-31-35(2)3/h35-39,42-45H,4-34H2,1-3H3,(H,41,46)/t36-,37+,38+,39-/m0/s1. The van der Waals surface area contributed by atoms with Crippen molar-refractivity contribution in [2.45, 2.75) is 238 Å². The van der Waals surface area contributed by atoms with Gasteiger partial charge >= 0.3 is 0 Å². The number of rotatable bonds is 36. The molecule has 6 nitrogen and oxygen atoms in total. The lowest BCUT2D eigenvalue weighted by Gasteiger charge is -2.27. The van der Waals surface area contributed by atoms with Crippen LogP contribution in [0, 0.1) is 5.92 Å². The SMILES string of the molecule is CCCCCCCCCCCCCCCCCCCC[C@@H](O)C(=O)N[C@@H](CO)[C@H](O)[C@H](O)CCCCCCCCCCCC(C)C. The van der Waals surface area contributed by atoms with Crippen LogP contribution in [0.1, 0.15) is 213 Å². The molecule has 0 heterocycles. The van der Waals surface area contributed by atoms with Gasteiger partial charge in [0.1, 0.15) is 12.2 Å². The molecule has 0 bridgehead atoms. The zero-order valence-electron chi connectivity index (χ0n) is 31.0. The first-order chi connectivity index (χ1) is 22.3. The molecule has 0 aromatic rings. The van der Waals surface area contributed by atoms with E-state index in [0.29, 0.717) is 12.8 Å². The maximum atomic E-state index is 12.5. The minimum absolute atomic E-state index is 0.374. The van der Waals surface area contributed by atoms with Crippen molar-refractivity contribution in [3.63, 3.8) is 0 Å². The molecule has 0 aliphatic carbocycles. The molecule has 5 N–H and O–H groups in total. The topological polar surface area (TPSA) is 110 Å². The van der Waals surface area contributed by atoms with Crippen LogP contribution in [0.4, 0.5) is 0 Å². The van der Waals surface area contributed by atoms with Crippen molar-refractivity contribution >= 4 is 5.91 Å². The van der Waals surface area contributed by atoms with E-state index in [0.717, 1.165) is 44.4 Å². The Balaban J connectivity index is 3.73. The summed E-state index contributed by atoms with van der Waals surface area (Å²) in [7, 11) is 0. The van der Waals surface area contributed by atoms with Crippen molar-refractivity contribution in [3.8, 4) is 0 Å². The monoisotopic (exact) mass is 656 g/mol. The van der Waals surface area contributed by atoms with E-state index in [-0.39, 0.29) is 0 Å². The highest BCUT2D eigenvalue weighted by atomic mass is 16.3. The maximum absolute atomic E-state index is 12.5. The quantitative estimate of drug-likeness (QED) is 0.0432. The van der Waals surface area contributed by atoms with E-state index >= 15 is 0 Å². The van der Waals surface area contributed by atoms with Gasteiger partial charge in [-0.1, -0.05) is 201 Å². The highest BCUT2D eigenvalue weighted by molar-refractivity contribution is 5.80. The van der Waals surface area contributed by atoms with Gasteiger partial charge in [-0.25, -0.2) is 0 Å². The third-order valence-corrected chi connectivity index (χ3v) is 9.75. The Morgan fingerprint density at radius 2 is 0.826 bits per heavy atom. The molecule has 0 aliphatic heterocycles. The molecule has 0 unspecified atom stereocenters. The van der Waals surface area contributed by atoms with Gasteiger partial charge in [0.2, 0.25) is 5.91 Å². The molecule has 0 aliphatic rings. The fourth-order valence-corrected chi connectivity index (χ4v) is 6.47. The van der Waals surface area contributed by atoms with Crippen molar-refractivity contribution in [1.29, 1.82) is 0 Å². The molecule has 4 atom stereocenters. The molecule has 0 aromatic heterocycles. The molecule has 46 heavy (non-hydrogen) atoms. The second-order valence-corrected chi connectivity index (χ2v) is 14.8. The van der Waals surface area contributed by atoms with Gasteiger partial charge in [-0.3, -0.25) is 4.79 Å². The molecule has 0 fully saturated rings. The molecular formula is C40H81NO5. The van der Waals surface area contributed by atoms with Crippen molar-refractivity contribution in [1.82, 2.24) is 5.32 Å². The van der Waals surface area contributed by atoms with Crippen LogP contribution < -0.4 is 5.32 Å². The van der Waals surface area contributed by atoms with Gasteiger partial charge in [-0.05, 0) is 18.8 Å². The fraction of sp³-hybridized carbons (Fsp3) is 0.975. The minimum Gasteiger partial charge on any atom is -0.394 e. The van der Waals surface area contributed by atoms with Crippen molar-refractivity contribution in [2.75, 3.05) is 6.61 Å². The van der Waals surface area contributed by atoms with Gasteiger partial charge < -0.3 is 25.7 Å². The Labute approximate surface area is 286 Å². The van der Waals surface area contributed by atoms with Crippen LogP contribution in [0.15, 0.2) is 0 Å². The van der Waals surface area contributed by atoms with E-state index in [1.54, 1.807) is 0 Å². The van der Waals surface area contributed by atoms with E-state index in [1.165, 1.54) is 141 Å². The number of carbonyl (C=O) groups is 1. The fourth-order valence-electron chi connectivity index (χ4n) is 6.47. The number of amides is 1.